The summed E-state index contributed by atoms with van der Waals surface area (Å²) in [6, 6.07) is 3.76. The maximum absolute atomic E-state index is 12.4. The Hall–Kier alpha value is -3.43. The molecule has 1 aromatic carbocycles. The smallest absolute Gasteiger partial charge is 0.418 e. The topological polar surface area (TPSA) is 172 Å². The van der Waals surface area contributed by atoms with Crippen molar-refractivity contribution in [2.75, 3.05) is 0 Å². The van der Waals surface area contributed by atoms with E-state index in [4.69, 9.17) is 10.3 Å². The third kappa shape index (κ3) is 4.05. The van der Waals surface area contributed by atoms with Gasteiger partial charge in [-0.25, -0.2) is 4.79 Å². The van der Waals surface area contributed by atoms with Crippen molar-refractivity contribution in [3.8, 4) is 5.75 Å². The highest BCUT2D eigenvalue weighted by Crippen LogP contribution is 2.26. The van der Waals surface area contributed by atoms with Gasteiger partial charge in [0.25, 0.3) is 11.5 Å². The minimum absolute atomic E-state index is 0.0917. The number of non-ortho nitro benzene ring substituents is 1. The van der Waals surface area contributed by atoms with Crippen LogP contribution < -0.4 is 10.1 Å². The van der Waals surface area contributed by atoms with Crippen molar-refractivity contribution < 1.29 is 33.9 Å². The number of ketones is 1. The number of nitro groups is 1. The number of aliphatic hydroxyl groups excluding tert-OH is 1. The number of hydrogen-bond donors (Lipinski definition) is 2. The Labute approximate surface area is 152 Å². The molecule has 1 fully saturated rings. The zero-order valence-corrected chi connectivity index (χ0v) is 14.4. The average Bonchev–Trinajstić information content (AvgIpc) is 2.59. The van der Waals surface area contributed by atoms with Crippen LogP contribution in [0.25, 0.3) is 5.53 Å². The van der Waals surface area contributed by atoms with Gasteiger partial charge < -0.3 is 20.7 Å². The molecule has 1 aromatic rings. The molecule has 2 rings (SSSR count). The Morgan fingerprint density at radius 2 is 1.93 bits per heavy atom. The van der Waals surface area contributed by atoms with Crippen molar-refractivity contribution >= 4 is 29.1 Å². The van der Waals surface area contributed by atoms with Gasteiger partial charge in [0.05, 0.1) is 23.0 Å². The van der Waals surface area contributed by atoms with Crippen LogP contribution in [0.3, 0.4) is 0 Å². The molecule has 4 atom stereocenters. The molecule has 1 heterocycles. The number of ether oxygens (including phenoxy) is 1. The molecule has 0 radical (unpaired) electrons. The Morgan fingerprint density at radius 3 is 2.37 bits per heavy atom. The largest absolute Gasteiger partial charge is 0.442 e. The highest BCUT2D eigenvalue weighted by atomic mass is 16.6. The molecular weight excluding hydrogens is 360 g/mol. The van der Waals surface area contributed by atoms with E-state index < -0.39 is 52.3 Å². The second-order valence-electron chi connectivity index (χ2n) is 6.04. The van der Waals surface area contributed by atoms with Crippen molar-refractivity contribution in [1.82, 2.24) is 5.32 Å². The number of esters is 1. The van der Waals surface area contributed by atoms with Crippen molar-refractivity contribution in [2.45, 2.75) is 26.0 Å². The Balaban J connectivity index is 2.10. The van der Waals surface area contributed by atoms with Crippen molar-refractivity contribution in [3.63, 3.8) is 0 Å². The lowest BCUT2D eigenvalue weighted by Crippen LogP contribution is -2.66. The van der Waals surface area contributed by atoms with Crippen LogP contribution >= 0.6 is 0 Å². The summed E-state index contributed by atoms with van der Waals surface area (Å²) < 4.78 is 4.89. The lowest BCUT2D eigenvalue weighted by atomic mass is 9.76. The van der Waals surface area contributed by atoms with Crippen LogP contribution in [0.4, 0.5) is 5.69 Å². The molecule has 11 heteroatoms. The normalized spacial score (nSPS) is 20.3. The number of benzene rings is 1. The first-order valence-electron chi connectivity index (χ1n) is 7.88. The van der Waals surface area contributed by atoms with Crippen molar-refractivity contribution in [3.05, 3.63) is 39.9 Å². The van der Waals surface area contributed by atoms with Crippen LogP contribution in [-0.2, 0) is 14.4 Å². The molecule has 0 spiro atoms. The lowest BCUT2D eigenvalue weighted by Gasteiger charge is -2.40. The van der Waals surface area contributed by atoms with E-state index in [0.717, 1.165) is 24.3 Å². The van der Waals surface area contributed by atoms with E-state index in [1.54, 1.807) is 0 Å². The number of nitrogens with zero attached hydrogens (tertiary/aromatic N) is 3. The molecule has 0 aromatic heterocycles. The van der Waals surface area contributed by atoms with Gasteiger partial charge in [0.1, 0.15) is 5.75 Å². The first-order valence-corrected chi connectivity index (χ1v) is 7.88. The number of nitro benzene ring substituents is 1. The Bertz CT molecular complexity index is 843. The molecule has 0 unspecified atom stereocenters. The number of β-lactam (4-membered cyclic amide) rings is 1. The summed E-state index contributed by atoms with van der Waals surface area (Å²) in [5.41, 5.74) is 7.93. The zero-order chi connectivity index (χ0) is 20.3. The van der Waals surface area contributed by atoms with Gasteiger partial charge in [-0.1, -0.05) is 6.92 Å². The molecule has 142 valence electrons. The molecule has 1 aliphatic heterocycles. The quantitative estimate of drug-likeness (QED) is 0.0767. The predicted octanol–water partition coefficient (Wildman–Crippen LogP) is -0.128. The van der Waals surface area contributed by atoms with E-state index in [2.05, 4.69) is 10.1 Å². The van der Waals surface area contributed by atoms with Crippen molar-refractivity contribution in [1.29, 1.82) is 0 Å². The standard InChI is InChI=1S/C16H16N4O7/c1-7(12-11(8(2)21)15(23)18-12)14(22)13(19-17)16(24)27-10-5-3-9(4-6-10)20(25)26/h3-8,11-12,21H,1-2H3,(H,18,23)/t7-,8-,11-,12-/m1/s1. The van der Waals surface area contributed by atoms with Crippen LogP contribution in [0.5, 0.6) is 5.75 Å². The summed E-state index contributed by atoms with van der Waals surface area (Å²) in [4.78, 5) is 48.7. The Kier molecular flexibility index (Phi) is 5.78. The first-order chi connectivity index (χ1) is 12.7. The number of nitrogens with one attached hydrogen (secondary N) is 1. The number of aliphatic hydroxyl groups is 1. The summed E-state index contributed by atoms with van der Waals surface area (Å²) in [6.45, 7) is 2.81. The zero-order valence-electron chi connectivity index (χ0n) is 14.4. The molecular formula is C16H16N4O7. The summed E-state index contributed by atoms with van der Waals surface area (Å²) in [7, 11) is 0. The highest BCUT2D eigenvalue weighted by molar-refractivity contribution is 6.63. The molecule has 0 aliphatic carbocycles. The van der Waals surface area contributed by atoms with E-state index in [1.165, 1.54) is 13.8 Å². The van der Waals surface area contributed by atoms with E-state index in [-0.39, 0.29) is 11.4 Å². The third-order valence-electron chi connectivity index (χ3n) is 4.26. The minimum Gasteiger partial charge on any atom is -0.418 e. The fraction of sp³-hybridized carbons (Fsp3) is 0.375. The molecule has 1 amide bonds. The van der Waals surface area contributed by atoms with E-state index in [9.17, 15) is 29.6 Å². The predicted molar refractivity (Wildman–Crippen MR) is 88.6 cm³/mol. The fourth-order valence-corrected chi connectivity index (χ4v) is 2.73. The number of carbonyl (C=O) groups is 3. The second kappa shape index (κ2) is 7.85. The molecule has 27 heavy (non-hydrogen) atoms. The number of Topliss-reactive ketones (excluding diaryl/α,β-unsaturated/α-hetero) is 1. The summed E-state index contributed by atoms with van der Waals surface area (Å²) in [5.74, 6) is -4.45. The molecule has 0 saturated carbocycles. The minimum atomic E-state index is -1.26. The highest BCUT2D eigenvalue weighted by Gasteiger charge is 2.50. The van der Waals surface area contributed by atoms with Gasteiger partial charge in [0, 0.05) is 18.1 Å². The number of amides is 1. The summed E-state index contributed by atoms with van der Waals surface area (Å²) in [6.07, 6.45) is -0.999. The van der Waals surface area contributed by atoms with Crippen LogP contribution in [0.1, 0.15) is 13.8 Å². The van der Waals surface area contributed by atoms with Crippen LogP contribution in [0, 0.1) is 22.0 Å². The molecule has 2 N–H and O–H groups in total. The van der Waals surface area contributed by atoms with Gasteiger partial charge in [0.15, 0.2) is 0 Å². The maximum Gasteiger partial charge on any atom is 0.442 e. The summed E-state index contributed by atoms with van der Waals surface area (Å²) >= 11 is 0. The fourth-order valence-electron chi connectivity index (χ4n) is 2.73. The van der Waals surface area contributed by atoms with Crippen LogP contribution in [0.15, 0.2) is 24.3 Å². The monoisotopic (exact) mass is 376 g/mol. The number of carbonyl (C=O) groups excluding carboxylic acids is 3. The average molecular weight is 376 g/mol. The second-order valence-corrected chi connectivity index (χ2v) is 6.04. The van der Waals surface area contributed by atoms with Gasteiger partial charge in [-0.15, -0.1) is 0 Å². The van der Waals surface area contributed by atoms with Crippen LogP contribution in [0.2, 0.25) is 0 Å². The van der Waals surface area contributed by atoms with Gasteiger partial charge in [-0.05, 0) is 19.1 Å². The third-order valence-corrected chi connectivity index (χ3v) is 4.26. The Morgan fingerprint density at radius 1 is 1.33 bits per heavy atom. The summed E-state index contributed by atoms with van der Waals surface area (Å²) in [5, 5.41) is 22.7. The molecule has 1 aliphatic rings. The van der Waals surface area contributed by atoms with Crippen molar-refractivity contribution in [2.24, 2.45) is 11.8 Å². The number of hydrogen-bond acceptors (Lipinski definition) is 7. The lowest BCUT2D eigenvalue weighted by molar-refractivity contribution is -0.384. The number of rotatable bonds is 7. The SMILES string of the molecule is C[C@@H](O)[C@H]1C(=O)N[C@@H]1[C@@H](C)C(=O)C(=[N+]=[N-])C(=O)Oc1ccc([N+](=O)[O-])cc1. The first kappa shape index (κ1) is 19.9. The molecule has 0 bridgehead atoms. The maximum atomic E-state index is 12.4. The molecule has 11 nitrogen and oxygen atoms in total. The van der Waals surface area contributed by atoms with Gasteiger partial charge in [-0.3, -0.25) is 19.7 Å². The van der Waals surface area contributed by atoms with E-state index in [1.807, 2.05) is 0 Å². The van der Waals surface area contributed by atoms with Gasteiger partial charge in [-0.2, -0.15) is 4.79 Å². The van der Waals surface area contributed by atoms with E-state index >= 15 is 0 Å². The van der Waals surface area contributed by atoms with Crippen LogP contribution in [-0.4, -0.2) is 50.3 Å². The van der Waals surface area contributed by atoms with E-state index in [0.29, 0.717) is 0 Å². The van der Waals surface area contributed by atoms with Gasteiger partial charge in [0.2, 0.25) is 5.91 Å². The van der Waals surface area contributed by atoms with Gasteiger partial charge >= 0.3 is 11.7 Å². The molecule has 1 saturated heterocycles.